The largest absolute Gasteiger partial charge is 0.480 e. The van der Waals surface area contributed by atoms with Gasteiger partial charge >= 0.3 is 11.9 Å². The van der Waals surface area contributed by atoms with E-state index in [1.54, 1.807) is 0 Å². The summed E-state index contributed by atoms with van der Waals surface area (Å²) in [5, 5.41) is 11.8. The first-order valence-corrected chi connectivity index (χ1v) is 16.8. The summed E-state index contributed by atoms with van der Waals surface area (Å²) in [5.74, 6) is -1.40. The van der Waals surface area contributed by atoms with Crippen LogP contribution >= 0.6 is 0 Å². The lowest BCUT2D eigenvalue weighted by atomic mass is 10.1. The van der Waals surface area contributed by atoms with Crippen molar-refractivity contribution in [2.24, 2.45) is 5.73 Å². The zero-order valence-corrected chi connectivity index (χ0v) is 26.8. The molecule has 0 bridgehead atoms. The Morgan fingerprint density at radius 3 is 1.95 bits per heavy atom. The number of esters is 1. The predicted octanol–water partition coefficient (Wildman–Crippen LogP) is 8.33. The van der Waals surface area contributed by atoms with E-state index < -0.39 is 12.0 Å². The molecule has 0 spiro atoms. The number of carbonyl (C=O) groups excluding carboxylic acids is 2. The lowest BCUT2D eigenvalue weighted by Crippen LogP contribution is -2.40. The van der Waals surface area contributed by atoms with E-state index in [0.717, 1.165) is 44.9 Å². The Labute approximate surface area is 256 Å². The highest BCUT2D eigenvalue weighted by molar-refractivity contribution is 5.83. The highest BCUT2D eigenvalue weighted by atomic mass is 16.5. The van der Waals surface area contributed by atoms with E-state index in [0.29, 0.717) is 38.6 Å². The summed E-state index contributed by atoms with van der Waals surface area (Å²) in [6.07, 6.45) is 32.4. The number of allylic oxidation sites excluding steroid dienone is 4. The predicted molar refractivity (Wildman–Crippen MR) is 174 cm³/mol. The number of nitrogens with one attached hydrogen (secondary N) is 1. The second-order valence-corrected chi connectivity index (χ2v) is 11.2. The molecule has 0 fully saturated rings. The monoisotopic (exact) mass is 590 g/mol. The molecule has 0 aliphatic rings. The molecule has 7 nitrogen and oxygen atoms in total. The van der Waals surface area contributed by atoms with Gasteiger partial charge in [-0.1, -0.05) is 109 Å². The van der Waals surface area contributed by atoms with Gasteiger partial charge in [0.2, 0.25) is 5.91 Å². The number of hydrogen-bond donors (Lipinski definition) is 3. The second kappa shape index (κ2) is 30.1. The minimum Gasteiger partial charge on any atom is -0.480 e. The Hall–Kier alpha value is -2.41. The average Bonchev–Trinajstić information content (AvgIpc) is 2.97. The maximum atomic E-state index is 12.5. The van der Waals surface area contributed by atoms with Crippen LogP contribution in [0.2, 0.25) is 0 Å². The Balaban J connectivity index is 4.31. The third kappa shape index (κ3) is 26.5. The molecule has 0 rings (SSSR count). The lowest BCUT2D eigenvalue weighted by Gasteiger charge is -2.13. The van der Waals surface area contributed by atoms with Crippen LogP contribution in [0.25, 0.3) is 0 Å². The smallest absolute Gasteiger partial charge is 0.326 e. The van der Waals surface area contributed by atoms with Crippen molar-refractivity contribution in [1.82, 2.24) is 5.32 Å². The maximum absolute atomic E-state index is 12.5. The molecular formula is C35H62N2O5. The molecule has 4 N–H and O–H groups in total. The molecule has 2 atom stereocenters. The molecule has 0 radical (unpaired) electrons. The van der Waals surface area contributed by atoms with Gasteiger partial charge in [-0.15, -0.1) is 0 Å². The highest BCUT2D eigenvalue weighted by Crippen LogP contribution is 2.13. The van der Waals surface area contributed by atoms with Gasteiger partial charge in [0, 0.05) is 12.8 Å². The summed E-state index contributed by atoms with van der Waals surface area (Å²) in [6, 6.07) is -0.871. The van der Waals surface area contributed by atoms with Gasteiger partial charge in [-0.3, -0.25) is 9.59 Å². The first-order valence-electron chi connectivity index (χ1n) is 16.8. The Morgan fingerprint density at radius 1 is 0.738 bits per heavy atom. The minimum absolute atomic E-state index is 0.147. The Bertz CT molecular complexity index is 762. The molecule has 242 valence electrons. The van der Waals surface area contributed by atoms with E-state index in [2.05, 4.69) is 31.3 Å². The van der Waals surface area contributed by atoms with Gasteiger partial charge < -0.3 is 20.9 Å². The second-order valence-electron chi connectivity index (χ2n) is 11.2. The van der Waals surface area contributed by atoms with Crippen LogP contribution in [0.15, 0.2) is 36.5 Å². The van der Waals surface area contributed by atoms with Crippen LogP contribution in [0.5, 0.6) is 0 Å². The number of aliphatic carboxylic acids is 1. The van der Waals surface area contributed by atoms with Gasteiger partial charge in [0.25, 0.3) is 0 Å². The first-order chi connectivity index (χ1) is 20.4. The van der Waals surface area contributed by atoms with Crippen molar-refractivity contribution < 1.29 is 24.2 Å². The summed E-state index contributed by atoms with van der Waals surface area (Å²) in [6.45, 7) is 4.75. The average molecular weight is 591 g/mol. The van der Waals surface area contributed by atoms with E-state index >= 15 is 0 Å². The normalized spacial score (nSPS) is 13.2. The van der Waals surface area contributed by atoms with Gasteiger partial charge in [0.05, 0.1) is 0 Å². The van der Waals surface area contributed by atoms with Gasteiger partial charge in [-0.05, 0) is 70.1 Å². The number of carboxylic acid groups (broad SMARTS) is 1. The molecule has 0 saturated carbocycles. The van der Waals surface area contributed by atoms with Crippen molar-refractivity contribution >= 4 is 17.8 Å². The quantitative estimate of drug-likeness (QED) is 0.0458. The minimum atomic E-state index is -1.02. The molecule has 0 saturated heterocycles. The number of hydrogen-bond acceptors (Lipinski definition) is 5. The number of unbranched alkanes of at least 4 members (excludes halogenated alkanes) is 13. The summed E-state index contributed by atoms with van der Waals surface area (Å²) in [7, 11) is 0. The number of ether oxygens (including phenoxy) is 1. The molecule has 0 aliphatic heterocycles. The van der Waals surface area contributed by atoms with Gasteiger partial charge in [-0.25, -0.2) is 4.79 Å². The van der Waals surface area contributed by atoms with Crippen molar-refractivity contribution in [3.63, 3.8) is 0 Å². The highest BCUT2D eigenvalue weighted by Gasteiger charge is 2.18. The van der Waals surface area contributed by atoms with Gasteiger partial charge in [-0.2, -0.15) is 0 Å². The van der Waals surface area contributed by atoms with Crippen LogP contribution in [-0.4, -0.2) is 41.6 Å². The molecule has 0 aromatic rings. The van der Waals surface area contributed by atoms with Crippen LogP contribution in [-0.2, 0) is 19.1 Å². The molecule has 0 aromatic heterocycles. The van der Waals surface area contributed by atoms with E-state index in [1.807, 2.05) is 24.3 Å². The van der Waals surface area contributed by atoms with Crippen molar-refractivity contribution in [1.29, 1.82) is 0 Å². The summed E-state index contributed by atoms with van der Waals surface area (Å²) in [5.41, 5.74) is 5.44. The molecular weight excluding hydrogens is 528 g/mol. The number of nitrogens with two attached hydrogens (primary N) is 1. The van der Waals surface area contributed by atoms with E-state index in [1.165, 1.54) is 57.8 Å². The SMILES string of the molecule is CC/C=C\C/C=C\C(/C=C\CCCCCC(=O)NC(CCCN)C(=O)O)OC(=O)CCCCCCCCCCCCC. The van der Waals surface area contributed by atoms with E-state index in [-0.39, 0.29) is 18.0 Å². The fourth-order valence-electron chi connectivity index (χ4n) is 4.64. The van der Waals surface area contributed by atoms with Crippen molar-refractivity contribution in [2.75, 3.05) is 6.54 Å². The number of carboxylic acids is 1. The van der Waals surface area contributed by atoms with Crippen LogP contribution < -0.4 is 11.1 Å². The van der Waals surface area contributed by atoms with Gasteiger partial charge in [0.1, 0.15) is 12.1 Å². The fourth-order valence-corrected chi connectivity index (χ4v) is 4.64. The number of carbonyl (C=O) groups is 3. The van der Waals surface area contributed by atoms with Crippen LogP contribution in [0.3, 0.4) is 0 Å². The molecule has 2 unspecified atom stereocenters. The summed E-state index contributed by atoms with van der Waals surface area (Å²) >= 11 is 0. The molecule has 42 heavy (non-hydrogen) atoms. The molecule has 1 amide bonds. The number of rotatable bonds is 29. The number of amides is 1. The zero-order chi connectivity index (χ0) is 31.1. The topological polar surface area (TPSA) is 119 Å². The van der Waals surface area contributed by atoms with E-state index in [4.69, 9.17) is 10.5 Å². The third-order valence-electron chi connectivity index (χ3n) is 7.18. The Morgan fingerprint density at radius 2 is 1.33 bits per heavy atom. The third-order valence-corrected chi connectivity index (χ3v) is 7.18. The molecule has 0 aromatic carbocycles. The summed E-state index contributed by atoms with van der Waals surface area (Å²) < 4.78 is 5.75. The Kier molecular flexibility index (Phi) is 28.3. The van der Waals surface area contributed by atoms with Crippen LogP contribution in [0.4, 0.5) is 0 Å². The lowest BCUT2D eigenvalue weighted by molar-refractivity contribution is -0.145. The molecule has 0 aliphatic carbocycles. The van der Waals surface area contributed by atoms with Crippen molar-refractivity contribution in [3.05, 3.63) is 36.5 Å². The van der Waals surface area contributed by atoms with Crippen LogP contribution in [0, 0.1) is 0 Å². The first kappa shape index (κ1) is 39.6. The van der Waals surface area contributed by atoms with Crippen LogP contribution in [0.1, 0.15) is 149 Å². The van der Waals surface area contributed by atoms with Crippen molar-refractivity contribution in [3.8, 4) is 0 Å². The zero-order valence-electron chi connectivity index (χ0n) is 26.8. The fraction of sp³-hybridized carbons (Fsp3) is 0.743. The van der Waals surface area contributed by atoms with Crippen molar-refractivity contribution in [2.45, 2.75) is 161 Å². The standard InChI is InChI=1S/C35H62N2O5/c1-3-5-7-9-10-11-12-13-14-19-23-29-34(39)42-31(25-20-16-8-6-4-2)26-21-17-15-18-22-28-33(38)37-32(35(40)41)27-24-30-36/h6,8,20-21,25-26,31-32H,3-5,7,9-19,22-24,27-30,36H2,1-2H3,(H,37,38)(H,40,41)/b8-6-,25-20-,26-21-. The van der Waals surface area contributed by atoms with E-state index in [9.17, 15) is 19.5 Å². The molecule has 0 heterocycles. The molecule has 7 heteroatoms. The summed E-state index contributed by atoms with van der Waals surface area (Å²) in [4.78, 5) is 35.8. The van der Waals surface area contributed by atoms with Gasteiger partial charge in [0.15, 0.2) is 0 Å². The maximum Gasteiger partial charge on any atom is 0.326 e.